The molecule has 1 aromatic rings. The second kappa shape index (κ2) is 5.65. The van der Waals surface area contributed by atoms with Crippen LogP contribution in [0.25, 0.3) is 0 Å². The van der Waals surface area contributed by atoms with Crippen molar-refractivity contribution in [1.82, 2.24) is 15.5 Å². The molecule has 0 unspecified atom stereocenters. The van der Waals surface area contributed by atoms with Crippen LogP contribution in [0.2, 0.25) is 0 Å². The quantitative estimate of drug-likeness (QED) is 0.707. The predicted molar refractivity (Wildman–Crippen MR) is 64.4 cm³/mol. The lowest BCUT2D eigenvalue weighted by atomic mass is 10.3. The fraction of sp³-hybridized carbons (Fsp3) is 0.636. The van der Waals surface area contributed by atoms with E-state index in [1.807, 2.05) is 13.8 Å². The number of H-pyrrole nitrogens is 1. The Labute approximate surface area is 96.0 Å². The summed E-state index contributed by atoms with van der Waals surface area (Å²) in [7, 11) is 0. The predicted octanol–water partition coefficient (Wildman–Crippen LogP) is 1.35. The number of carbonyl (C=O) groups is 1. The summed E-state index contributed by atoms with van der Waals surface area (Å²) in [6.07, 6.45) is 0.474. The van der Waals surface area contributed by atoms with Gasteiger partial charge in [0.05, 0.1) is 17.1 Å². The van der Waals surface area contributed by atoms with Crippen molar-refractivity contribution < 1.29 is 4.79 Å². The van der Waals surface area contributed by atoms with E-state index in [0.717, 1.165) is 17.1 Å². The number of aromatic nitrogens is 2. The number of hydrogen-bond acceptors (Lipinski definition) is 3. The van der Waals surface area contributed by atoms with Gasteiger partial charge in [0, 0.05) is 19.0 Å². The third kappa shape index (κ3) is 3.66. The molecular formula is C11H20N4O. The SMILES string of the molecule is Cc1n[nH]c(C)c1NC(=O)CCNC(C)C. The first-order chi connectivity index (χ1) is 7.50. The topological polar surface area (TPSA) is 69.8 Å². The van der Waals surface area contributed by atoms with Gasteiger partial charge in [-0.2, -0.15) is 5.10 Å². The van der Waals surface area contributed by atoms with Crippen LogP contribution in [-0.4, -0.2) is 28.7 Å². The molecule has 90 valence electrons. The Morgan fingerprint density at radius 2 is 2.12 bits per heavy atom. The van der Waals surface area contributed by atoms with Gasteiger partial charge in [0.25, 0.3) is 0 Å². The average molecular weight is 224 g/mol. The van der Waals surface area contributed by atoms with Crippen LogP contribution in [0.4, 0.5) is 5.69 Å². The molecule has 0 bridgehead atoms. The largest absolute Gasteiger partial charge is 0.323 e. The summed E-state index contributed by atoms with van der Waals surface area (Å²) < 4.78 is 0. The van der Waals surface area contributed by atoms with Crippen LogP contribution in [0, 0.1) is 13.8 Å². The van der Waals surface area contributed by atoms with E-state index in [-0.39, 0.29) is 5.91 Å². The molecule has 0 aliphatic rings. The van der Waals surface area contributed by atoms with E-state index in [1.54, 1.807) is 0 Å². The first-order valence-corrected chi connectivity index (χ1v) is 5.55. The van der Waals surface area contributed by atoms with Gasteiger partial charge >= 0.3 is 0 Å². The van der Waals surface area contributed by atoms with Gasteiger partial charge in [0.1, 0.15) is 0 Å². The number of nitrogens with one attached hydrogen (secondary N) is 3. The maximum atomic E-state index is 11.6. The summed E-state index contributed by atoms with van der Waals surface area (Å²) in [5.41, 5.74) is 2.51. The Morgan fingerprint density at radius 1 is 1.44 bits per heavy atom. The Kier molecular flexibility index (Phi) is 4.49. The smallest absolute Gasteiger partial charge is 0.225 e. The second-order valence-corrected chi connectivity index (χ2v) is 4.22. The standard InChI is InChI=1S/C11H20N4O/c1-7(2)12-6-5-10(16)13-11-8(3)14-15-9(11)4/h7,12H,5-6H2,1-4H3,(H,13,16)(H,14,15). The Hall–Kier alpha value is -1.36. The molecular weight excluding hydrogens is 204 g/mol. The number of amides is 1. The van der Waals surface area contributed by atoms with Gasteiger partial charge in [0.15, 0.2) is 0 Å². The highest BCUT2D eigenvalue weighted by Gasteiger charge is 2.09. The van der Waals surface area contributed by atoms with Crippen molar-refractivity contribution in [3.05, 3.63) is 11.4 Å². The maximum Gasteiger partial charge on any atom is 0.225 e. The van der Waals surface area contributed by atoms with E-state index >= 15 is 0 Å². The van der Waals surface area contributed by atoms with Crippen molar-refractivity contribution in [2.75, 3.05) is 11.9 Å². The molecule has 0 fully saturated rings. The molecule has 0 saturated heterocycles. The van der Waals surface area contributed by atoms with E-state index in [4.69, 9.17) is 0 Å². The summed E-state index contributed by atoms with van der Waals surface area (Å²) in [4.78, 5) is 11.6. The molecule has 3 N–H and O–H groups in total. The molecule has 5 heteroatoms. The second-order valence-electron chi connectivity index (χ2n) is 4.22. The van der Waals surface area contributed by atoms with E-state index in [2.05, 4.69) is 34.7 Å². The van der Waals surface area contributed by atoms with Crippen LogP contribution in [-0.2, 0) is 4.79 Å². The molecule has 1 aromatic heterocycles. The lowest BCUT2D eigenvalue weighted by Gasteiger charge is -2.08. The molecule has 1 amide bonds. The van der Waals surface area contributed by atoms with Crippen molar-refractivity contribution >= 4 is 11.6 Å². The summed E-state index contributed by atoms with van der Waals surface area (Å²) in [5, 5.41) is 12.9. The lowest BCUT2D eigenvalue weighted by molar-refractivity contribution is -0.116. The van der Waals surface area contributed by atoms with Gasteiger partial charge in [-0.15, -0.1) is 0 Å². The Balaban J connectivity index is 2.40. The number of anilines is 1. The third-order valence-electron chi connectivity index (χ3n) is 2.30. The molecule has 0 atom stereocenters. The van der Waals surface area contributed by atoms with Crippen LogP contribution < -0.4 is 10.6 Å². The Bertz CT molecular complexity index is 337. The van der Waals surface area contributed by atoms with E-state index in [1.165, 1.54) is 0 Å². The highest BCUT2D eigenvalue weighted by atomic mass is 16.1. The zero-order valence-corrected chi connectivity index (χ0v) is 10.3. The number of carbonyl (C=O) groups excluding carboxylic acids is 1. The van der Waals surface area contributed by atoms with Crippen LogP contribution >= 0.6 is 0 Å². The summed E-state index contributed by atoms with van der Waals surface area (Å²) in [5.74, 6) is 0.0146. The average Bonchev–Trinajstić information content (AvgIpc) is 2.49. The van der Waals surface area contributed by atoms with E-state index in [0.29, 0.717) is 19.0 Å². The number of nitrogens with zero attached hydrogens (tertiary/aromatic N) is 1. The molecule has 16 heavy (non-hydrogen) atoms. The van der Waals surface area contributed by atoms with Crippen molar-refractivity contribution in [3.63, 3.8) is 0 Å². The molecule has 0 radical (unpaired) electrons. The normalized spacial score (nSPS) is 10.8. The van der Waals surface area contributed by atoms with Crippen molar-refractivity contribution in [1.29, 1.82) is 0 Å². The fourth-order valence-electron chi connectivity index (χ4n) is 1.41. The first-order valence-electron chi connectivity index (χ1n) is 5.55. The Morgan fingerprint density at radius 3 is 2.62 bits per heavy atom. The number of aryl methyl sites for hydroxylation is 2. The molecule has 0 saturated carbocycles. The molecule has 1 rings (SSSR count). The van der Waals surface area contributed by atoms with Gasteiger partial charge in [-0.05, 0) is 13.8 Å². The monoisotopic (exact) mass is 224 g/mol. The molecule has 1 heterocycles. The van der Waals surface area contributed by atoms with Gasteiger partial charge in [-0.25, -0.2) is 0 Å². The molecule has 0 aliphatic carbocycles. The van der Waals surface area contributed by atoms with Crippen LogP contribution in [0.1, 0.15) is 31.7 Å². The van der Waals surface area contributed by atoms with E-state index < -0.39 is 0 Å². The van der Waals surface area contributed by atoms with Crippen molar-refractivity contribution in [3.8, 4) is 0 Å². The molecule has 0 spiro atoms. The third-order valence-corrected chi connectivity index (χ3v) is 2.30. The van der Waals surface area contributed by atoms with Gasteiger partial charge in [-0.3, -0.25) is 9.89 Å². The maximum absolute atomic E-state index is 11.6. The minimum atomic E-state index is 0.0146. The zero-order valence-electron chi connectivity index (χ0n) is 10.3. The van der Waals surface area contributed by atoms with Crippen molar-refractivity contribution in [2.45, 2.75) is 40.2 Å². The highest BCUT2D eigenvalue weighted by Crippen LogP contribution is 2.15. The zero-order chi connectivity index (χ0) is 12.1. The lowest BCUT2D eigenvalue weighted by Crippen LogP contribution is -2.27. The van der Waals surface area contributed by atoms with Gasteiger partial charge in [0.2, 0.25) is 5.91 Å². The minimum Gasteiger partial charge on any atom is -0.323 e. The first kappa shape index (κ1) is 12.7. The van der Waals surface area contributed by atoms with Gasteiger partial charge < -0.3 is 10.6 Å². The van der Waals surface area contributed by atoms with Crippen molar-refractivity contribution in [2.24, 2.45) is 0 Å². The number of rotatable bonds is 5. The van der Waals surface area contributed by atoms with Crippen LogP contribution in [0.15, 0.2) is 0 Å². The molecule has 0 aromatic carbocycles. The van der Waals surface area contributed by atoms with Crippen LogP contribution in [0.5, 0.6) is 0 Å². The molecule has 0 aliphatic heterocycles. The summed E-state index contributed by atoms with van der Waals surface area (Å²) in [6.45, 7) is 8.57. The van der Waals surface area contributed by atoms with Crippen LogP contribution in [0.3, 0.4) is 0 Å². The van der Waals surface area contributed by atoms with E-state index in [9.17, 15) is 4.79 Å². The number of hydrogen-bond donors (Lipinski definition) is 3. The molecule has 5 nitrogen and oxygen atoms in total. The van der Waals surface area contributed by atoms with Gasteiger partial charge in [-0.1, -0.05) is 13.8 Å². The fourth-order valence-corrected chi connectivity index (χ4v) is 1.41. The number of aromatic amines is 1. The minimum absolute atomic E-state index is 0.0146. The highest BCUT2D eigenvalue weighted by molar-refractivity contribution is 5.91. The summed E-state index contributed by atoms with van der Waals surface area (Å²) in [6, 6.07) is 0.408. The summed E-state index contributed by atoms with van der Waals surface area (Å²) >= 11 is 0.